The predicted octanol–water partition coefficient (Wildman–Crippen LogP) is 1.89. The van der Waals surface area contributed by atoms with Crippen LogP contribution in [0.3, 0.4) is 0 Å². The third kappa shape index (κ3) is 7.68. The van der Waals surface area contributed by atoms with E-state index < -0.39 is 0 Å². The van der Waals surface area contributed by atoms with E-state index in [1.54, 1.807) is 0 Å². The minimum absolute atomic E-state index is 0. The summed E-state index contributed by atoms with van der Waals surface area (Å²) in [6.07, 6.45) is 5.64. The molecule has 2 heterocycles. The summed E-state index contributed by atoms with van der Waals surface area (Å²) in [5.74, 6) is 1.71. The van der Waals surface area contributed by atoms with E-state index >= 15 is 0 Å². The van der Waals surface area contributed by atoms with Crippen molar-refractivity contribution < 1.29 is 4.79 Å². The second-order valence-electron chi connectivity index (χ2n) is 7.32. The molecule has 2 atom stereocenters. The van der Waals surface area contributed by atoms with E-state index in [9.17, 15) is 4.79 Å². The fourth-order valence-electron chi connectivity index (χ4n) is 3.78. The van der Waals surface area contributed by atoms with Gasteiger partial charge in [-0.3, -0.25) is 9.79 Å². The molecule has 0 aliphatic carbocycles. The van der Waals surface area contributed by atoms with Crippen LogP contribution < -0.4 is 11.1 Å². The van der Waals surface area contributed by atoms with Crippen LogP contribution in [0, 0.1) is 11.8 Å². The quantitative estimate of drug-likeness (QED) is 0.272. The molecule has 0 aromatic heterocycles. The van der Waals surface area contributed by atoms with Crippen LogP contribution in [0.4, 0.5) is 0 Å². The van der Waals surface area contributed by atoms with Gasteiger partial charge in [-0.05, 0) is 58.0 Å². The second-order valence-corrected chi connectivity index (χ2v) is 7.32. The van der Waals surface area contributed by atoms with Gasteiger partial charge in [0.15, 0.2) is 5.96 Å². The third-order valence-corrected chi connectivity index (χ3v) is 5.09. The molecule has 0 radical (unpaired) electrons. The van der Waals surface area contributed by atoms with E-state index in [4.69, 9.17) is 10.7 Å². The summed E-state index contributed by atoms with van der Waals surface area (Å²) in [7, 11) is 0. The summed E-state index contributed by atoms with van der Waals surface area (Å²) in [5, 5.41) is 3.43. The summed E-state index contributed by atoms with van der Waals surface area (Å²) in [6, 6.07) is 0. The van der Waals surface area contributed by atoms with E-state index in [1.807, 2.05) is 0 Å². The number of nitrogens with two attached hydrogens (primary N) is 1. The SMILES string of the molecule is CCNC(=NCCCN1CCCC(C(N)=O)C1)N1CCCC(C)C1.I. The average Bonchev–Trinajstić information content (AvgIpc) is 2.58. The maximum Gasteiger partial charge on any atom is 0.221 e. The Morgan fingerprint density at radius 2 is 2.00 bits per heavy atom. The number of nitrogens with zero attached hydrogens (tertiary/aromatic N) is 3. The van der Waals surface area contributed by atoms with Gasteiger partial charge in [0.1, 0.15) is 0 Å². The van der Waals surface area contributed by atoms with Crippen molar-refractivity contribution in [2.45, 2.75) is 46.0 Å². The van der Waals surface area contributed by atoms with Crippen LogP contribution in [0.2, 0.25) is 0 Å². The first-order chi connectivity index (χ1) is 11.6. The second kappa shape index (κ2) is 11.9. The van der Waals surface area contributed by atoms with Crippen molar-refractivity contribution in [2.75, 3.05) is 45.8 Å². The van der Waals surface area contributed by atoms with Gasteiger partial charge in [-0.15, -0.1) is 24.0 Å². The summed E-state index contributed by atoms with van der Waals surface area (Å²) in [6.45, 7) is 11.3. The molecule has 6 nitrogen and oxygen atoms in total. The van der Waals surface area contributed by atoms with E-state index in [2.05, 4.69) is 29.0 Å². The molecule has 146 valence electrons. The zero-order chi connectivity index (χ0) is 17.4. The number of aliphatic imine (C=N–C) groups is 1. The lowest BCUT2D eigenvalue weighted by molar-refractivity contribution is -0.123. The highest BCUT2D eigenvalue weighted by Gasteiger charge is 2.23. The number of nitrogens with one attached hydrogen (secondary N) is 1. The summed E-state index contributed by atoms with van der Waals surface area (Å²) in [4.78, 5) is 20.9. The lowest BCUT2D eigenvalue weighted by Crippen LogP contribution is -2.46. The van der Waals surface area contributed by atoms with Gasteiger partial charge in [0.2, 0.25) is 5.91 Å². The number of hydrogen-bond donors (Lipinski definition) is 2. The number of halogens is 1. The number of amides is 1. The summed E-state index contributed by atoms with van der Waals surface area (Å²) >= 11 is 0. The molecule has 0 aromatic carbocycles. The fourth-order valence-corrected chi connectivity index (χ4v) is 3.78. The molecule has 2 saturated heterocycles. The average molecular weight is 465 g/mol. The molecule has 0 bridgehead atoms. The molecule has 0 spiro atoms. The van der Waals surface area contributed by atoms with Crippen molar-refractivity contribution in [3.8, 4) is 0 Å². The summed E-state index contributed by atoms with van der Waals surface area (Å²) < 4.78 is 0. The molecule has 3 N–H and O–H groups in total. The highest BCUT2D eigenvalue weighted by molar-refractivity contribution is 14.0. The third-order valence-electron chi connectivity index (χ3n) is 5.09. The number of piperidine rings is 2. The smallest absolute Gasteiger partial charge is 0.221 e. The zero-order valence-electron chi connectivity index (χ0n) is 15.9. The Kier molecular flexibility index (Phi) is 10.7. The van der Waals surface area contributed by atoms with Gasteiger partial charge in [0.25, 0.3) is 0 Å². The molecule has 0 saturated carbocycles. The maximum absolute atomic E-state index is 11.4. The lowest BCUT2D eigenvalue weighted by atomic mass is 9.97. The molecule has 2 unspecified atom stereocenters. The minimum Gasteiger partial charge on any atom is -0.369 e. The van der Waals surface area contributed by atoms with Crippen molar-refractivity contribution in [1.29, 1.82) is 0 Å². The molecule has 2 aliphatic heterocycles. The largest absolute Gasteiger partial charge is 0.369 e. The first kappa shape index (κ1) is 22.5. The first-order valence-electron chi connectivity index (χ1n) is 9.65. The van der Waals surface area contributed by atoms with Gasteiger partial charge in [-0.25, -0.2) is 0 Å². The van der Waals surface area contributed by atoms with Gasteiger partial charge in [0.05, 0.1) is 5.92 Å². The van der Waals surface area contributed by atoms with E-state index in [1.165, 1.54) is 12.8 Å². The highest BCUT2D eigenvalue weighted by Crippen LogP contribution is 2.17. The molecule has 1 amide bonds. The lowest BCUT2D eigenvalue weighted by Gasteiger charge is -2.33. The number of carbonyl (C=O) groups is 1. The van der Waals surface area contributed by atoms with Crippen LogP contribution >= 0.6 is 24.0 Å². The van der Waals surface area contributed by atoms with Crippen molar-refractivity contribution in [3.05, 3.63) is 0 Å². The molecule has 7 heteroatoms. The van der Waals surface area contributed by atoms with Crippen molar-refractivity contribution >= 4 is 35.8 Å². The van der Waals surface area contributed by atoms with Gasteiger partial charge >= 0.3 is 0 Å². The number of guanidine groups is 1. The Morgan fingerprint density at radius 1 is 1.24 bits per heavy atom. The van der Waals surface area contributed by atoms with E-state index in [-0.39, 0.29) is 35.8 Å². The van der Waals surface area contributed by atoms with E-state index in [0.717, 1.165) is 77.0 Å². The molecule has 2 aliphatic rings. The van der Waals surface area contributed by atoms with Gasteiger partial charge in [-0.1, -0.05) is 6.92 Å². The molecular formula is C18H36IN5O. The van der Waals surface area contributed by atoms with Crippen molar-refractivity contribution in [1.82, 2.24) is 15.1 Å². The van der Waals surface area contributed by atoms with Crippen LogP contribution in [-0.2, 0) is 4.79 Å². The molecule has 2 rings (SSSR count). The molecule has 0 aromatic rings. The van der Waals surface area contributed by atoms with Crippen molar-refractivity contribution in [2.24, 2.45) is 22.6 Å². The number of primary amides is 1. The number of rotatable bonds is 6. The Hall–Kier alpha value is -0.570. The van der Waals surface area contributed by atoms with Crippen LogP contribution in [0.25, 0.3) is 0 Å². The number of carbonyl (C=O) groups excluding carboxylic acids is 1. The number of likely N-dealkylation sites (tertiary alicyclic amines) is 2. The normalized spacial score (nSPS) is 25.4. The Balaban J connectivity index is 0.00000312. The van der Waals surface area contributed by atoms with Crippen molar-refractivity contribution in [3.63, 3.8) is 0 Å². The molecular weight excluding hydrogens is 429 g/mol. The predicted molar refractivity (Wildman–Crippen MR) is 114 cm³/mol. The zero-order valence-corrected chi connectivity index (χ0v) is 18.2. The summed E-state index contributed by atoms with van der Waals surface area (Å²) in [5.41, 5.74) is 5.45. The van der Waals surface area contributed by atoms with Gasteiger partial charge in [0, 0.05) is 32.7 Å². The van der Waals surface area contributed by atoms with E-state index in [0.29, 0.717) is 0 Å². The van der Waals surface area contributed by atoms with Gasteiger partial charge in [-0.2, -0.15) is 0 Å². The van der Waals surface area contributed by atoms with Crippen LogP contribution in [0.15, 0.2) is 4.99 Å². The standard InChI is InChI=1S/C18H35N5O.HI/c1-3-20-18(23-12-4-7-15(2)13-23)21-9-6-11-22-10-5-8-16(14-22)17(19)24;/h15-16H,3-14H2,1-2H3,(H2,19,24)(H,20,21);1H. The monoisotopic (exact) mass is 465 g/mol. The topological polar surface area (TPSA) is 74.0 Å². The minimum atomic E-state index is -0.147. The Bertz CT molecular complexity index is 432. The first-order valence-corrected chi connectivity index (χ1v) is 9.65. The molecule has 2 fully saturated rings. The van der Waals surface area contributed by atoms with Crippen LogP contribution in [0.1, 0.15) is 46.0 Å². The maximum atomic E-state index is 11.4. The van der Waals surface area contributed by atoms with Crippen LogP contribution in [-0.4, -0.2) is 67.5 Å². The Labute approximate surface area is 170 Å². The Morgan fingerprint density at radius 3 is 2.68 bits per heavy atom. The van der Waals surface area contributed by atoms with Gasteiger partial charge < -0.3 is 20.9 Å². The molecule has 25 heavy (non-hydrogen) atoms. The van der Waals surface area contributed by atoms with Crippen LogP contribution in [0.5, 0.6) is 0 Å². The fraction of sp³-hybridized carbons (Fsp3) is 0.889. The number of hydrogen-bond acceptors (Lipinski definition) is 3. The highest BCUT2D eigenvalue weighted by atomic mass is 127.